The van der Waals surface area contributed by atoms with E-state index in [1.807, 2.05) is 0 Å². The number of amides is 1. The molecule has 2 aliphatic rings. The van der Waals surface area contributed by atoms with E-state index in [0.717, 1.165) is 77.7 Å². The number of ether oxygens (including phenoxy) is 1. The highest BCUT2D eigenvalue weighted by Crippen LogP contribution is 2.23. The molecule has 0 aliphatic carbocycles. The number of carbonyl (C=O) groups excluding carboxylic acids is 1. The maximum Gasteiger partial charge on any atom is 0.243 e. The largest absolute Gasteiger partial charge is 0.350 e. The third-order valence-electron chi connectivity index (χ3n) is 8.35. The van der Waals surface area contributed by atoms with Crippen LogP contribution in [0, 0.1) is 0 Å². The lowest BCUT2D eigenvalue weighted by Gasteiger charge is -2.29. The van der Waals surface area contributed by atoms with E-state index >= 15 is 0 Å². The van der Waals surface area contributed by atoms with Crippen molar-refractivity contribution in [1.29, 1.82) is 0 Å². The minimum atomic E-state index is -0.291. The van der Waals surface area contributed by atoms with E-state index in [1.165, 1.54) is 28.3 Å². The summed E-state index contributed by atoms with van der Waals surface area (Å²) in [6.07, 6.45) is 8.49. The summed E-state index contributed by atoms with van der Waals surface area (Å²) in [4.78, 5) is 23.0. The Bertz CT molecular complexity index is 1180. The van der Waals surface area contributed by atoms with Crippen molar-refractivity contribution in [3.8, 4) is 0 Å². The minimum absolute atomic E-state index is 0.0469. The number of hydrogen-bond acceptors (Lipinski definition) is 5. The number of nitrogens with one attached hydrogen (secondary N) is 1. The Balaban J connectivity index is 1.11. The SMILES string of the molecule is O=C(CCCCCN(CCc1cccc2ccccc12)C1CCN(Cc2ccccc2)C1)NOC1CCCCO1. The predicted octanol–water partition coefficient (Wildman–Crippen LogP) is 6.09. The Morgan fingerprint density at radius 2 is 1.77 bits per heavy atom. The molecule has 1 N–H and O–H groups in total. The van der Waals surface area contributed by atoms with Crippen LogP contribution in [0.3, 0.4) is 0 Å². The van der Waals surface area contributed by atoms with Crippen LogP contribution in [0.1, 0.15) is 62.5 Å². The maximum absolute atomic E-state index is 12.2. The molecule has 0 spiro atoms. The monoisotopic (exact) mass is 543 g/mol. The summed E-state index contributed by atoms with van der Waals surface area (Å²) in [5.41, 5.74) is 5.42. The molecule has 0 radical (unpaired) electrons. The molecule has 2 unspecified atom stereocenters. The Morgan fingerprint density at radius 1 is 0.925 bits per heavy atom. The third-order valence-corrected chi connectivity index (χ3v) is 8.35. The van der Waals surface area contributed by atoms with Gasteiger partial charge in [-0.1, -0.05) is 79.2 Å². The van der Waals surface area contributed by atoms with Crippen molar-refractivity contribution in [2.75, 3.05) is 32.8 Å². The van der Waals surface area contributed by atoms with Crippen molar-refractivity contribution in [1.82, 2.24) is 15.3 Å². The van der Waals surface area contributed by atoms with Gasteiger partial charge in [0.15, 0.2) is 6.29 Å². The first kappa shape index (κ1) is 28.7. The molecule has 5 rings (SSSR count). The quantitative estimate of drug-likeness (QED) is 0.197. The van der Waals surface area contributed by atoms with Gasteiger partial charge < -0.3 is 4.74 Å². The van der Waals surface area contributed by atoms with E-state index in [9.17, 15) is 4.79 Å². The second kappa shape index (κ2) is 15.3. The molecule has 2 fully saturated rings. The van der Waals surface area contributed by atoms with Gasteiger partial charge in [0.2, 0.25) is 5.91 Å². The number of benzene rings is 3. The zero-order valence-corrected chi connectivity index (χ0v) is 23.8. The lowest BCUT2D eigenvalue weighted by Crippen LogP contribution is -2.39. The zero-order chi connectivity index (χ0) is 27.4. The fourth-order valence-electron chi connectivity index (χ4n) is 6.11. The lowest BCUT2D eigenvalue weighted by molar-refractivity contribution is -0.200. The van der Waals surface area contributed by atoms with Crippen molar-refractivity contribution in [3.05, 3.63) is 83.9 Å². The van der Waals surface area contributed by atoms with E-state index in [4.69, 9.17) is 9.57 Å². The Morgan fingerprint density at radius 3 is 2.65 bits per heavy atom. The van der Waals surface area contributed by atoms with Crippen LogP contribution in [-0.2, 0) is 27.3 Å². The molecule has 0 bridgehead atoms. The summed E-state index contributed by atoms with van der Waals surface area (Å²) in [6.45, 7) is 6.14. The van der Waals surface area contributed by atoms with Gasteiger partial charge in [0.25, 0.3) is 0 Å². The second-order valence-corrected chi connectivity index (χ2v) is 11.3. The highest BCUT2D eigenvalue weighted by Gasteiger charge is 2.27. The van der Waals surface area contributed by atoms with Crippen LogP contribution < -0.4 is 5.48 Å². The van der Waals surface area contributed by atoms with E-state index in [-0.39, 0.29) is 12.2 Å². The van der Waals surface area contributed by atoms with Gasteiger partial charge in [0.1, 0.15) is 0 Å². The topological polar surface area (TPSA) is 54.0 Å². The zero-order valence-electron chi connectivity index (χ0n) is 23.8. The van der Waals surface area contributed by atoms with Crippen LogP contribution in [0.5, 0.6) is 0 Å². The van der Waals surface area contributed by atoms with Gasteiger partial charge in [-0.15, -0.1) is 0 Å². The number of carbonyl (C=O) groups is 1. The molecule has 2 heterocycles. The van der Waals surface area contributed by atoms with Crippen molar-refractivity contribution in [2.45, 2.75) is 76.7 Å². The average molecular weight is 544 g/mol. The molecule has 40 heavy (non-hydrogen) atoms. The number of hydrogen-bond donors (Lipinski definition) is 1. The number of unbranched alkanes of at least 4 members (excludes halogenated alkanes) is 2. The summed E-state index contributed by atoms with van der Waals surface area (Å²) in [5, 5.41) is 2.69. The molecule has 3 aromatic rings. The van der Waals surface area contributed by atoms with Crippen LogP contribution in [0.15, 0.2) is 72.8 Å². The normalized spacial score (nSPS) is 19.8. The molecule has 6 heteroatoms. The number of fused-ring (bicyclic) bond motifs is 1. The standard InChI is InChI=1S/C34H45N3O3/c38-33(35-40-34-19-8-10-25-39-34)18-5-2-9-22-37(24-20-30-16-11-15-29-14-6-7-17-32(29)30)31-21-23-36(27-31)26-28-12-3-1-4-13-28/h1,3-4,6-7,11-17,31,34H,2,5,8-10,18-27H2,(H,35,38). The fourth-order valence-corrected chi connectivity index (χ4v) is 6.11. The van der Waals surface area contributed by atoms with Crippen LogP contribution in [0.25, 0.3) is 10.8 Å². The highest BCUT2D eigenvalue weighted by molar-refractivity contribution is 5.85. The van der Waals surface area contributed by atoms with Crippen molar-refractivity contribution < 1.29 is 14.4 Å². The molecule has 0 saturated carbocycles. The predicted molar refractivity (Wildman–Crippen MR) is 161 cm³/mol. The van der Waals surface area contributed by atoms with Gasteiger partial charge in [-0.2, -0.15) is 0 Å². The van der Waals surface area contributed by atoms with E-state index in [2.05, 4.69) is 88.1 Å². The van der Waals surface area contributed by atoms with Gasteiger partial charge in [0.05, 0.1) is 0 Å². The van der Waals surface area contributed by atoms with E-state index in [0.29, 0.717) is 19.1 Å². The number of likely N-dealkylation sites (tertiary alicyclic amines) is 1. The summed E-state index contributed by atoms with van der Waals surface area (Å²) < 4.78 is 5.52. The first-order valence-corrected chi connectivity index (χ1v) is 15.3. The van der Waals surface area contributed by atoms with Crippen LogP contribution in [0.4, 0.5) is 0 Å². The van der Waals surface area contributed by atoms with E-state index < -0.39 is 0 Å². The molecule has 214 valence electrons. The first-order valence-electron chi connectivity index (χ1n) is 15.3. The molecule has 2 saturated heterocycles. The Labute approximate surface area is 239 Å². The molecule has 2 atom stereocenters. The summed E-state index contributed by atoms with van der Waals surface area (Å²) in [6, 6.07) is 26.8. The van der Waals surface area contributed by atoms with Gasteiger partial charge in [-0.3, -0.25) is 14.6 Å². The lowest BCUT2D eigenvalue weighted by atomic mass is 10.0. The van der Waals surface area contributed by atoms with Gasteiger partial charge in [0, 0.05) is 51.7 Å². The van der Waals surface area contributed by atoms with Gasteiger partial charge in [-0.05, 0) is 67.0 Å². The van der Waals surface area contributed by atoms with Crippen molar-refractivity contribution in [2.24, 2.45) is 0 Å². The Kier molecular flexibility index (Phi) is 11.0. The Hall–Kier alpha value is -2.77. The van der Waals surface area contributed by atoms with Crippen LogP contribution >= 0.6 is 0 Å². The summed E-state index contributed by atoms with van der Waals surface area (Å²) in [7, 11) is 0. The average Bonchev–Trinajstić information content (AvgIpc) is 3.46. The molecule has 6 nitrogen and oxygen atoms in total. The second-order valence-electron chi connectivity index (χ2n) is 11.3. The van der Waals surface area contributed by atoms with E-state index in [1.54, 1.807) is 0 Å². The molecule has 3 aromatic carbocycles. The minimum Gasteiger partial charge on any atom is -0.350 e. The smallest absolute Gasteiger partial charge is 0.243 e. The number of hydroxylamine groups is 1. The highest BCUT2D eigenvalue weighted by atomic mass is 16.8. The van der Waals surface area contributed by atoms with Crippen molar-refractivity contribution in [3.63, 3.8) is 0 Å². The molecular weight excluding hydrogens is 498 g/mol. The van der Waals surface area contributed by atoms with Gasteiger partial charge in [-0.25, -0.2) is 10.3 Å². The molecule has 0 aromatic heterocycles. The summed E-state index contributed by atoms with van der Waals surface area (Å²) in [5.74, 6) is -0.0469. The molecule has 1 amide bonds. The van der Waals surface area contributed by atoms with Crippen LogP contribution in [0.2, 0.25) is 0 Å². The number of rotatable bonds is 14. The van der Waals surface area contributed by atoms with Crippen molar-refractivity contribution >= 4 is 16.7 Å². The molecule has 2 aliphatic heterocycles. The molecular formula is C34H45N3O3. The van der Waals surface area contributed by atoms with Crippen LogP contribution in [-0.4, -0.2) is 60.8 Å². The number of nitrogens with zero attached hydrogens (tertiary/aromatic N) is 2. The van der Waals surface area contributed by atoms with Gasteiger partial charge >= 0.3 is 0 Å². The first-order chi connectivity index (χ1) is 19.7. The third kappa shape index (κ3) is 8.61. The summed E-state index contributed by atoms with van der Waals surface area (Å²) >= 11 is 0. The fraction of sp³-hybridized carbons (Fsp3) is 0.500. The maximum atomic E-state index is 12.2.